The molecule has 20 heavy (non-hydrogen) atoms. The molecule has 0 bridgehead atoms. The molecule has 2 aromatic rings. The van der Waals surface area contributed by atoms with Gasteiger partial charge in [0.1, 0.15) is 5.75 Å². The van der Waals surface area contributed by atoms with Crippen LogP contribution in [0, 0.1) is 0 Å². The van der Waals surface area contributed by atoms with Crippen LogP contribution in [0.25, 0.3) is 0 Å². The molecule has 0 aliphatic heterocycles. The van der Waals surface area contributed by atoms with Gasteiger partial charge >= 0.3 is 0 Å². The molecule has 0 fully saturated rings. The summed E-state index contributed by atoms with van der Waals surface area (Å²) in [6, 6.07) is 12.3. The lowest BCUT2D eigenvalue weighted by Gasteiger charge is -2.22. The quantitative estimate of drug-likeness (QED) is 0.871. The van der Waals surface area contributed by atoms with Gasteiger partial charge in [0.05, 0.1) is 30.5 Å². The molecule has 5 heteroatoms. The minimum atomic E-state index is -0.404. The fourth-order valence-corrected chi connectivity index (χ4v) is 2.50. The highest BCUT2D eigenvalue weighted by atomic mass is 35.5. The summed E-state index contributed by atoms with van der Waals surface area (Å²) in [5.41, 5.74) is 1.44. The van der Waals surface area contributed by atoms with Gasteiger partial charge in [0, 0.05) is 10.6 Å². The first-order valence-corrected chi connectivity index (χ1v) is 6.87. The van der Waals surface area contributed by atoms with Gasteiger partial charge in [-0.1, -0.05) is 41.4 Å². The van der Waals surface area contributed by atoms with Crippen LogP contribution < -0.4 is 10.1 Å². The molecule has 0 spiro atoms. The second-order valence-electron chi connectivity index (χ2n) is 4.22. The van der Waals surface area contributed by atoms with Crippen molar-refractivity contribution >= 4 is 28.9 Å². The molecule has 0 saturated heterocycles. The standard InChI is InChI=1S/C15H15Cl2NO2/c1-20-14-8-4-6-11(17)15(14)13(9-19)18-12-7-3-2-5-10(12)16/h2-8,13,18-19H,9H2,1H3. The molecule has 0 aliphatic rings. The Morgan fingerprint density at radius 1 is 1.10 bits per heavy atom. The molecule has 0 saturated carbocycles. The Kier molecular flexibility index (Phi) is 5.12. The van der Waals surface area contributed by atoms with E-state index >= 15 is 0 Å². The van der Waals surface area contributed by atoms with Crippen LogP contribution in [-0.2, 0) is 0 Å². The Balaban J connectivity index is 2.36. The lowest BCUT2D eigenvalue weighted by molar-refractivity contribution is 0.273. The van der Waals surface area contributed by atoms with E-state index in [-0.39, 0.29) is 6.61 Å². The predicted molar refractivity (Wildman–Crippen MR) is 82.9 cm³/mol. The number of aliphatic hydroxyl groups is 1. The summed E-state index contributed by atoms with van der Waals surface area (Å²) < 4.78 is 5.31. The van der Waals surface area contributed by atoms with E-state index in [2.05, 4.69) is 5.32 Å². The molecular weight excluding hydrogens is 297 g/mol. The van der Waals surface area contributed by atoms with Gasteiger partial charge in [0.2, 0.25) is 0 Å². The first-order valence-electron chi connectivity index (χ1n) is 6.11. The van der Waals surface area contributed by atoms with Gasteiger partial charge in [0.15, 0.2) is 0 Å². The number of methoxy groups -OCH3 is 1. The number of ether oxygens (including phenoxy) is 1. The second kappa shape index (κ2) is 6.84. The van der Waals surface area contributed by atoms with Gasteiger partial charge in [-0.2, -0.15) is 0 Å². The van der Waals surface area contributed by atoms with E-state index in [0.29, 0.717) is 21.4 Å². The van der Waals surface area contributed by atoms with Gasteiger partial charge in [-0.05, 0) is 24.3 Å². The van der Waals surface area contributed by atoms with Gasteiger partial charge in [-0.3, -0.25) is 0 Å². The van der Waals surface area contributed by atoms with Crippen LogP contribution in [-0.4, -0.2) is 18.8 Å². The van der Waals surface area contributed by atoms with Crippen LogP contribution in [0.5, 0.6) is 5.75 Å². The van der Waals surface area contributed by atoms with Crippen LogP contribution in [0.4, 0.5) is 5.69 Å². The van der Waals surface area contributed by atoms with E-state index in [4.69, 9.17) is 27.9 Å². The van der Waals surface area contributed by atoms with E-state index in [0.717, 1.165) is 5.69 Å². The van der Waals surface area contributed by atoms with Gasteiger partial charge in [-0.15, -0.1) is 0 Å². The van der Waals surface area contributed by atoms with Crippen LogP contribution in [0.3, 0.4) is 0 Å². The number of anilines is 1. The predicted octanol–water partition coefficient (Wildman–Crippen LogP) is 4.15. The molecule has 3 nitrogen and oxygen atoms in total. The Bertz CT molecular complexity index is 590. The van der Waals surface area contributed by atoms with Gasteiger partial charge < -0.3 is 15.2 Å². The Labute approximate surface area is 128 Å². The molecule has 0 heterocycles. The van der Waals surface area contributed by atoms with Crippen molar-refractivity contribution in [3.05, 3.63) is 58.1 Å². The molecule has 2 aromatic carbocycles. The minimum Gasteiger partial charge on any atom is -0.496 e. The number of benzene rings is 2. The third-order valence-corrected chi connectivity index (χ3v) is 3.63. The highest BCUT2D eigenvalue weighted by molar-refractivity contribution is 6.33. The topological polar surface area (TPSA) is 41.5 Å². The summed E-state index contributed by atoms with van der Waals surface area (Å²) in [5.74, 6) is 0.621. The number of hydrogen-bond donors (Lipinski definition) is 2. The third-order valence-electron chi connectivity index (χ3n) is 2.97. The molecule has 2 rings (SSSR count). The Hall–Kier alpha value is -1.42. The lowest BCUT2D eigenvalue weighted by atomic mass is 10.1. The van der Waals surface area contributed by atoms with Crippen LogP contribution in [0.1, 0.15) is 11.6 Å². The molecule has 2 N–H and O–H groups in total. The maximum absolute atomic E-state index is 9.66. The smallest absolute Gasteiger partial charge is 0.125 e. The SMILES string of the molecule is COc1cccc(Cl)c1C(CO)Nc1ccccc1Cl. The summed E-state index contributed by atoms with van der Waals surface area (Å²) in [6.45, 7) is -0.134. The van der Waals surface area contributed by atoms with Crippen LogP contribution in [0.15, 0.2) is 42.5 Å². The van der Waals surface area contributed by atoms with E-state index in [1.165, 1.54) is 0 Å². The fraction of sp³-hybridized carbons (Fsp3) is 0.200. The van der Waals surface area contributed by atoms with Gasteiger partial charge in [-0.25, -0.2) is 0 Å². The monoisotopic (exact) mass is 311 g/mol. The normalized spacial score (nSPS) is 12.0. The molecule has 0 amide bonds. The average Bonchev–Trinajstić information content (AvgIpc) is 2.47. The highest BCUT2D eigenvalue weighted by Gasteiger charge is 2.19. The molecule has 1 unspecified atom stereocenters. The first-order chi connectivity index (χ1) is 9.67. The Morgan fingerprint density at radius 3 is 2.45 bits per heavy atom. The summed E-state index contributed by atoms with van der Waals surface area (Å²) >= 11 is 12.3. The number of halogens is 2. The van der Waals surface area contributed by atoms with E-state index in [1.54, 1.807) is 31.4 Å². The van der Waals surface area contributed by atoms with Crippen molar-refractivity contribution < 1.29 is 9.84 Å². The molecule has 106 valence electrons. The zero-order valence-corrected chi connectivity index (χ0v) is 12.4. The van der Waals surface area contributed by atoms with Crippen molar-refractivity contribution in [2.75, 3.05) is 19.0 Å². The van der Waals surface area contributed by atoms with Crippen molar-refractivity contribution in [1.29, 1.82) is 0 Å². The first kappa shape index (κ1) is 15.0. The zero-order chi connectivity index (χ0) is 14.5. The summed E-state index contributed by atoms with van der Waals surface area (Å²) in [5, 5.41) is 13.9. The fourth-order valence-electron chi connectivity index (χ4n) is 2.01. The number of nitrogens with one attached hydrogen (secondary N) is 1. The molecular formula is C15H15Cl2NO2. The number of aliphatic hydroxyl groups excluding tert-OH is 1. The van der Waals surface area contributed by atoms with Gasteiger partial charge in [0.25, 0.3) is 0 Å². The van der Waals surface area contributed by atoms with Crippen molar-refractivity contribution in [3.8, 4) is 5.75 Å². The molecule has 0 aliphatic carbocycles. The number of para-hydroxylation sites is 1. The number of rotatable bonds is 5. The largest absolute Gasteiger partial charge is 0.496 e. The summed E-state index contributed by atoms with van der Waals surface area (Å²) in [7, 11) is 1.57. The van der Waals surface area contributed by atoms with E-state index < -0.39 is 6.04 Å². The van der Waals surface area contributed by atoms with Crippen LogP contribution >= 0.6 is 23.2 Å². The summed E-state index contributed by atoms with van der Waals surface area (Å²) in [6.07, 6.45) is 0. The lowest BCUT2D eigenvalue weighted by Crippen LogP contribution is -2.16. The highest BCUT2D eigenvalue weighted by Crippen LogP contribution is 2.35. The third kappa shape index (κ3) is 3.18. The van der Waals surface area contributed by atoms with E-state index in [1.807, 2.05) is 18.2 Å². The van der Waals surface area contributed by atoms with Crippen molar-refractivity contribution in [3.63, 3.8) is 0 Å². The van der Waals surface area contributed by atoms with E-state index in [9.17, 15) is 5.11 Å². The average molecular weight is 312 g/mol. The summed E-state index contributed by atoms with van der Waals surface area (Å²) in [4.78, 5) is 0. The molecule has 0 aromatic heterocycles. The van der Waals surface area contributed by atoms with Crippen LogP contribution in [0.2, 0.25) is 10.0 Å². The minimum absolute atomic E-state index is 0.134. The maximum Gasteiger partial charge on any atom is 0.125 e. The molecule has 0 radical (unpaired) electrons. The van der Waals surface area contributed by atoms with Crippen molar-refractivity contribution in [1.82, 2.24) is 0 Å². The Morgan fingerprint density at radius 2 is 1.80 bits per heavy atom. The second-order valence-corrected chi connectivity index (χ2v) is 5.03. The molecule has 1 atom stereocenters. The number of hydrogen-bond acceptors (Lipinski definition) is 3. The zero-order valence-electron chi connectivity index (χ0n) is 10.9. The maximum atomic E-state index is 9.66. The van der Waals surface area contributed by atoms with Crippen molar-refractivity contribution in [2.24, 2.45) is 0 Å². The van der Waals surface area contributed by atoms with Crippen molar-refractivity contribution in [2.45, 2.75) is 6.04 Å².